The minimum atomic E-state index is -0.0910. The van der Waals surface area contributed by atoms with E-state index in [4.69, 9.17) is 4.74 Å². The van der Waals surface area contributed by atoms with Crippen molar-refractivity contribution in [3.63, 3.8) is 0 Å². The number of para-hydroxylation sites is 2. The zero-order chi connectivity index (χ0) is 19.7. The summed E-state index contributed by atoms with van der Waals surface area (Å²) in [6.07, 6.45) is 1.79. The third kappa shape index (κ3) is 3.38. The number of thioether (sulfide) groups is 1. The standard InChI is InChI=1S/C20H19N5O2S/c1-13-8-9-18-21-15(10-19(26)24(18)11-13)12-28-20-23-22-14(2)25(20)16-6-4-5-7-17(16)27-3/h4-11H,12H2,1-3H3. The molecule has 28 heavy (non-hydrogen) atoms. The molecule has 3 aromatic heterocycles. The van der Waals surface area contributed by atoms with Gasteiger partial charge in [0.25, 0.3) is 5.56 Å². The maximum atomic E-state index is 12.4. The van der Waals surface area contributed by atoms with Gasteiger partial charge in [0.05, 0.1) is 18.5 Å². The van der Waals surface area contributed by atoms with Crippen molar-refractivity contribution in [1.82, 2.24) is 24.1 Å². The number of aryl methyl sites for hydroxylation is 2. The average Bonchev–Trinajstić information content (AvgIpc) is 3.07. The smallest absolute Gasteiger partial charge is 0.258 e. The monoisotopic (exact) mass is 393 g/mol. The zero-order valence-electron chi connectivity index (χ0n) is 15.8. The summed E-state index contributed by atoms with van der Waals surface area (Å²) in [6.45, 7) is 3.84. The zero-order valence-corrected chi connectivity index (χ0v) is 16.6. The summed E-state index contributed by atoms with van der Waals surface area (Å²) in [4.78, 5) is 17.0. The van der Waals surface area contributed by atoms with E-state index < -0.39 is 0 Å². The highest BCUT2D eigenvalue weighted by atomic mass is 32.2. The molecule has 0 atom stereocenters. The summed E-state index contributed by atoms with van der Waals surface area (Å²) in [7, 11) is 1.64. The number of hydrogen-bond donors (Lipinski definition) is 0. The Morgan fingerprint density at radius 3 is 2.75 bits per heavy atom. The fraction of sp³-hybridized carbons (Fsp3) is 0.200. The molecule has 142 valence electrons. The van der Waals surface area contributed by atoms with Gasteiger partial charge >= 0.3 is 0 Å². The van der Waals surface area contributed by atoms with Gasteiger partial charge < -0.3 is 4.74 Å². The fourth-order valence-corrected chi connectivity index (χ4v) is 3.88. The summed E-state index contributed by atoms with van der Waals surface area (Å²) in [5.74, 6) is 2.01. The van der Waals surface area contributed by atoms with E-state index in [9.17, 15) is 4.79 Å². The Balaban J connectivity index is 1.66. The average molecular weight is 393 g/mol. The summed E-state index contributed by atoms with van der Waals surface area (Å²) in [5.41, 5.74) is 3.13. The molecule has 0 radical (unpaired) electrons. The first-order chi connectivity index (χ1) is 13.6. The molecule has 0 fully saturated rings. The van der Waals surface area contributed by atoms with E-state index >= 15 is 0 Å². The van der Waals surface area contributed by atoms with E-state index in [1.54, 1.807) is 23.8 Å². The molecule has 0 N–H and O–H groups in total. The third-order valence-corrected chi connectivity index (χ3v) is 5.29. The molecular formula is C20H19N5O2S. The van der Waals surface area contributed by atoms with Gasteiger partial charge in [-0.3, -0.25) is 13.8 Å². The number of nitrogens with zero attached hydrogens (tertiary/aromatic N) is 5. The molecule has 7 nitrogen and oxygen atoms in total. The summed E-state index contributed by atoms with van der Waals surface area (Å²) < 4.78 is 8.98. The van der Waals surface area contributed by atoms with Gasteiger partial charge in [-0.25, -0.2) is 4.98 Å². The Bertz CT molecular complexity index is 1210. The van der Waals surface area contributed by atoms with E-state index in [1.165, 1.54) is 11.8 Å². The molecule has 0 unspecified atom stereocenters. The van der Waals surface area contributed by atoms with Gasteiger partial charge in [-0.1, -0.05) is 30.0 Å². The molecule has 4 rings (SSSR count). The second-order valence-electron chi connectivity index (χ2n) is 6.35. The number of hydrogen-bond acceptors (Lipinski definition) is 6. The Morgan fingerprint density at radius 2 is 1.93 bits per heavy atom. The van der Waals surface area contributed by atoms with Crippen molar-refractivity contribution in [3.05, 3.63) is 76.1 Å². The molecule has 1 aromatic carbocycles. The quantitative estimate of drug-likeness (QED) is 0.485. The number of methoxy groups -OCH3 is 1. The number of rotatable bonds is 5. The number of benzene rings is 1. The Kier molecular flexibility index (Phi) is 4.87. The van der Waals surface area contributed by atoms with Gasteiger partial charge in [-0.05, 0) is 37.6 Å². The molecular weight excluding hydrogens is 374 g/mol. The minimum Gasteiger partial charge on any atom is -0.495 e. The van der Waals surface area contributed by atoms with Crippen LogP contribution in [0.3, 0.4) is 0 Å². The predicted molar refractivity (Wildman–Crippen MR) is 108 cm³/mol. The highest BCUT2D eigenvalue weighted by molar-refractivity contribution is 7.98. The second kappa shape index (κ2) is 7.47. The van der Waals surface area contributed by atoms with Crippen LogP contribution in [0, 0.1) is 13.8 Å². The van der Waals surface area contributed by atoms with Gasteiger partial charge in [-0.2, -0.15) is 0 Å². The number of fused-ring (bicyclic) bond motifs is 1. The number of pyridine rings is 1. The Labute approximate surface area is 166 Å². The lowest BCUT2D eigenvalue weighted by Gasteiger charge is -2.12. The van der Waals surface area contributed by atoms with Crippen LogP contribution in [0.5, 0.6) is 5.75 Å². The van der Waals surface area contributed by atoms with Crippen LogP contribution in [0.2, 0.25) is 0 Å². The van der Waals surface area contributed by atoms with E-state index in [2.05, 4.69) is 15.2 Å². The van der Waals surface area contributed by atoms with E-state index in [0.717, 1.165) is 22.8 Å². The van der Waals surface area contributed by atoms with Gasteiger partial charge in [0.15, 0.2) is 5.16 Å². The van der Waals surface area contributed by atoms with Crippen LogP contribution in [-0.4, -0.2) is 31.3 Å². The molecule has 3 heterocycles. The van der Waals surface area contributed by atoms with Crippen LogP contribution >= 0.6 is 11.8 Å². The van der Waals surface area contributed by atoms with E-state index in [-0.39, 0.29) is 5.56 Å². The predicted octanol–water partition coefficient (Wildman–Crippen LogP) is 3.19. The number of aromatic nitrogens is 5. The highest BCUT2D eigenvalue weighted by Gasteiger charge is 2.15. The van der Waals surface area contributed by atoms with Gasteiger partial charge in [0.2, 0.25) is 0 Å². The molecule has 0 aliphatic rings. The first-order valence-electron chi connectivity index (χ1n) is 8.74. The molecule has 0 saturated heterocycles. The molecule has 4 aromatic rings. The lowest BCUT2D eigenvalue weighted by molar-refractivity contribution is 0.412. The van der Waals surface area contributed by atoms with Crippen molar-refractivity contribution in [2.24, 2.45) is 0 Å². The van der Waals surface area contributed by atoms with Crippen molar-refractivity contribution < 1.29 is 4.74 Å². The van der Waals surface area contributed by atoms with E-state index in [0.29, 0.717) is 22.3 Å². The van der Waals surface area contributed by atoms with Crippen molar-refractivity contribution in [2.75, 3.05) is 7.11 Å². The lowest BCUT2D eigenvalue weighted by atomic mass is 10.3. The van der Waals surface area contributed by atoms with Crippen LogP contribution in [0.25, 0.3) is 11.3 Å². The molecule has 0 saturated carbocycles. The maximum Gasteiger partial charge on any atom is 0.258 e. The van der Waals surface area contributed by atoms with Crippen molar-refractivity contribution in [2.45, 2.75) is 24.8 Å². The fourth-order valence-electron chi connectivity index (χ4n) is 3.00. The van der Waals surface area contributed by atoms with E-state index in [1.807, 2.05) is 54.8 Å². The second-order valence-corrected chi connectivity index (χ2v) is 7.29. The lowest BCUT2D eigenvalue weighted by Crippen LogP contribution is -2.15. The Hall–Kier alpha value is -3.13. The summed E-state index contributed by atoms with van der Waals surface area (Å²) in [6, 6.07) is 13.1. The third-order valence-electron chi connectivity index (χ3n) is 4.33. The Morgan fingerprint density at radius 1 is 1.11 bits per heavy atom. The first-order valence-corrected chi connectivity index (χ1v) is 9.72. The van der Waals surface area contributed by atoms with Crippen LogP contribution in [0.4, 0.5) is 0 Å². The highest BCUT2D eigenvalue weighted by Crippen LogP contribution is 2.29. The number of ether oxygens (including phenoxy) is 1. The SMILES string of the molecule is COc1ccccc1-n1c(C)nnc1SCc1cc(=O)n2cc(C)ccc2n1. The van der Waals surface area contributed by atoms with Crippen LogP contribution in [-0.2, 0) is 5.75 Å². The van der Waals surface area contributed by atoms with Gasteiger partial charge in [-0.15, -0.1) is 10.2 Å². The molecule has 0 spiro atoms. The van der Waals surface area contributed by atoms with Crippen LogP contribution < -0.4 is 10.3 Å². The normalized spacial score (nSPS) is 11.1. The van der Waals surface area contributed by atoms with Crippen molar-refractivity contribution in [1.29, 1.82) is 0 Å². The van der Waals surface area contributed by atoms with Gasteiger partial charge in [0, 0.05) is 18.0 Å². The van der Waals surface area contributed by atoms with Gasteiger partial charge in [0.1, 0.15) is 17.2 Å². The largest absolute Gasteiger partial charge is 0.495 e. The van der Waals surface area contributed by atoms with Crippen LogP contribution in [0.1, 0.15) is 17.1 Å². The molecule has 0 amide bonds. The van der Waals surface area contributed by atoms with Crippen LogP contribution in [0.15, 0.2) is 58.6 Å². The summed E-state index contributed by atoms with van der Waals surface area (Å²) >= 11 is 1.48. The summed E-state index contributed by atoms with van der Waals surface area (Å²) in [5, 5.41) is 9.21. The first kappa shape index (κ1) is 18.2. The topological polar surface area (TPSA) is 74.3 Å². The van der Waals surface area contributed by atoms with Crippen molar-refractivity contribution >= 4 is 17.4 Å². The molecule has 0 aliphatic heterocycles. The molecule has 8 heteroatoms. The van der Waals surface area contributed by atoms with Crippen molar-refractivity contribution in [3.8, 4) is 11.4 Å². The molecule has 0 aliphatic carbocycles. The molecule has 0 bridgehead atoms. The minimum absolute atomic E-state index is 0.0910. The maximum absolute atomic E-state index is 12.4.